The van der Waals surface area contributed by atoms with Crippen LogP contribution in [0.2, 0.25) is 0 Å². The summed E-state index contributed by atoms with van der Waals surface area (Å²) >= 11 is 0. The summed E-state index contributed by atoms with van der Waals surface area (Å²) in [6.07, 6.45) is 0. The summed E-state index contributed by atoms with van der Waals surface area (Å²) in [5.41, 5.74) is 4.72. The molecule has 0 aliphatic heterocycles. The lowest BCUT2D eigenvalue weighted by atomic mass is 10.1. The molecule has 0 aromatic carbocycles. The maximum Gasteiger partial charge on any atom is 0.309 e. The van der Waals surface area contributed by atoms with Crippen molar-refractivity contribution in [2.45, 2.75) is 26.4 Å². The molecule has 6 nitrogen and oxygen atoms in total. The van der Waals surface area contributed by atoms with Crippen molar-refractivity contribution in [1.29, 1.82) is 0 Å². The SMILES string of the molecule is CCOC(C)(C)CNC(=O)C(=O)NCCN. The van der Waals surface area contributed by atoms with Crippen LogP contribution >= 0.6 is 0 Å². The smallest absolute Gasteiger partial charge is 0.309 e. The second-order valence-electron chi connectivity index (χ2n) is 3.92. The Hall–Kier alpha value is -1.14. The Labute approximate surface area is 95.9 Å². The number of rotatable bonds is 6. The number of nitrogens with two attached hydrogens (primary N) is 1. The average Bonchev–Trinajstić information content (AvgIpc) is 2.22. The molecular formula is C10H21N3O3. The summed E-state index contributed by atoms with van der Waals surface area (Å²) in [6, 6.07) is 0. The molecule has 0 fully saturated rings. The monoisotopic (exact) mass is 231 g/mol. The van der Waals surface area contributed by atoms with E-state index in [9.17, 15) is 9.59 Å². The molecule has 0 radical (unpaired) electrons. The molecule has 16 heavy (non-hydrogen) atoms. The summed E-state index contributed by atoms with van der Waals surface area (Å²) in [6.45, 7) is 7.00. The molecule has 0 rings (SSSR count). The normalized spacial score (nSPS) is 11.0. The third kappa shape index (κ3) is 6.36. The Kier molecular flexibility index (Phi) is 6.67. The van der Waals surface area contributed by atoms with Crippen LogP contribution in [0.1, 0.15) is 20.8 Å². The van der Waals surface area contributed by atoms with Gasteiger partial charge in [0.25, 0.3) is 0 Å². The van der Waals surface area contributed by atoms with Crippen LogP contribution in [-0.2, 0) is 14.3 Å². The van der Waals surface area contributed by atoms with Gasteiger partial charge in [0.05, 0.1) is 5.60 Å². The molecule has 0 heterocycles. The van der Waals surface area contributed by atoms with Crippen molar-refractivity contribution in [3.63, 3.8) is 0 Å². The Morgan fingerprint density at radius 3 is 2.31 bits per heavy atom. The van der Waals surface area contributed by atoms with Gasteiger partial charge in [-0.1, -0.05) is 0 Å². The van der Waals surface area contributed by atoms with Gasteiger partial charge in [-0.2, -0.15) is 0 Å². The molecule has 6 heteroatoms. The van der Waals surface area contributed by atoms with Gasteiger partial charge >= 0.3 is 11.8 Å². The van der Waals surface area contributed by atoms with Gasteiger partial charge in [-0.25, -0.2) is 0 Å². The maximum absolute atomic E-state index is 11.3. The lowest BCUT2D eigenvalue weighted by molar-refractivity contribution is -0.139. The molecule has 2 amide bonds. The van der Waals surface area contributed by atoms with Crippen LogP contribution in [-0.4, -0.2) is 43.7 Å². The zero-order chi connectivity index (χ0) is 12.6. The minimum atomic E-state index is -0.669. The Bertz CT molecular complexity index is 241. The highest BCUT2D eigenvalue weighted by Crippen LogP contribution is 2.06. The van der Waals surface area contributed by atoms with Crippen LogP contribution < -0.4 is 16.4 Å². The lowest BCUT2D eigenvalue weighted by Gasteiger charge is -2.24. The van der Waals surface area contributed by atoms with Gasteiger partial charge in [-0.05, 0) is 20.8 Å². The van der Waals surface area contributed by atoms with E-state index < -0.39 is 17.4 Å². The number of ether oxygens (including phenoxy) is 1. The van der Waals surface area contributed by atoms with Crippen LogP contribution in [0.4, 0.5) is 0 Å². The quantitative estimate of drug-likeness (QED) is 0.511. The number of hydrogen-bond donors (Lipinski definition) is 3. The minimum absolute atomic E-state index is 0.287. The van der Waals surface area contributed by atoms with E-state index >= 15 is 0 Å². The third-order valence-electron chi connectivity index (χ3n) is 1.85. The molecule has 0 atom stereocenters. The Morgan fingerprint density at radius 1 is 1.25 bits per heavy atom. The Morgan fingerprint density at radius 2 is 1.81 bits per heavy atom. The van der Waals surface area contributed by atoms with Crippen molar-refractivity contribution in [3.05, 3.63) is 0 Å². The number of carbonyl (C=O) groups excluding carboxylic acids is 2. The summed E-state index contributed by atoms with van der Waals surface area (Å²) < 4.78 is 5.37. The largest absolute Gasteiger partial charge is 0.374 e. The predicted molar refractivity (Wildman–Crippen MR) is 60.8 cm³/mol. The first-order valence-corrected chi connectivity index (χ1v) is 5.33. The van der Waals surface area contributed by atoms with E-state index in [4.69, 9.17) is 10.5 Å². The highest BCUT2D eigenvalue weighted by atomic mass is 16.5. The molecule has 0 aliphatic carbocycles. The summed E-state index contributed by atoms with van der Waals surface area (Å²) in [5, 5.41) is 4.88. The first-order valence-electron chi connectivity index (χ1n) is 5.33. The fraction of sp³-hybridized carbons (Fsp3) is 0.800. The number of nitrogens with one attached hydrogen (secondary N) is 2. The van der Waals surface area contributed by atoms with E-state index in [0.717, 1.165) is 0 Å². The fourth-order valence-corrected chi connectivity index (χ4v) is 1.08. The van der Waals surface area contributed by atoms with Gasteiger partial charge in [0.15, 0.2) is 0 Å². The van der Waals surface area contributed by atoms with E-state index in [2.05, 4.69) is 10.6 Å². The Balaban J connectivity index is 3.92. The fourth-order valence-electron chi connectivity index (χ4n) is 1.08. The molecule has 0 aromatic heterocycles. The van der Waals surface area contributed by atoms with E-state index in [1.165, 1.54) is 0 Å². The highest BCUT2D eigenvalue weighted by Gasteiger charge is 2.20. The summed E-state index contributed by atoms with van der Waals surface area (Å²) in [5.74, 6) is -1.33. The zero-order valence-corrected chi connectivity index (χ0v) is 10.1. The standard InChI is InChI=1S/C10H21N3O3/c1-4-16-10(2,3)7-13-9(15)8(14)12-6-5-11/h4-7,11H2,1-3H3,(H,12,14)(H,13,15). The summed E-state index contributed by atoms with van der Waals surface area (Å²) in [7, 11) is 0. The van der Waals surface area contributed by atoms with Crippen molar-refractivity contribution in [3.8, 4) is 0 Å². The van der Waals surface area contributed by atoms with Gasteiger partial charge < -0.3 is 21.1 Å². The number of hydrogen-bond acceptors (Lipinski definition) is 4. The molecule has 4 N–H and O–H groups in total. The molecule has 0 saturated carbocycles. The lowest BCUT2D eigenvalue weighted by Crippen LogP contribution is -2.47. The molecule has 94 valence electrons. The molecule has 0 spiro atoms. The van der Waals surface area contributed by atoms with E-state index in [1.54, 1.807) is 0 Å². The van der Waals surface area contributed by atoms with Crippen LogP contribution in [0.25, 0.3) is 0 Å². The van der Waals surface area contributed by atoms with E-state index in [1.807, 2.05) is 20.8 Å². The van der Waals surface area contributed by atoms with Crippen LogP contribution in [0, 0.1) is 0 Å². The van der Waals surface area contributed by atoms with Gasteiger partial charge in [0.1, 0.15) is 0 Å². The zero-order valence-electron chi connectivity index (χ0n) is 10.1. The van der Waals surface area contributed by atoms with Crippen molar-refractivity contribution in [1.82, 2.24) is 10.6 Å². The highest BCUT2D eigenvalue weighted by molar-refractivity contribution is 6.35. The molecule has 0 aromatic rings. The average molecular weight is 231 g/mol. The van der Waals surface area contributed by atoms with Crippen molar-refractivity contribution >= 4 is 11.8 Å². The van der Waals surface area contributed by atoms with Crippen LogP contribution in [0.15, 0.2) is 0 Å². The van der Waals surface area contributed by atoms with Crippen LogP contribution in [0.3, 0.4) is 0 Å². The predicted octanol–water partition coefficient (Wildman–Crippen LogP) is -1.01. The van der Waals surface area contributed by atoms with Crippen molar-refractivity contribution < 1.29 is 14.3 Å². The summed E-state index contributed by atoms with van der Waals surface area (Å²) in [4.78, 5) is 22.4. The molecule has 0 saturated heterocycles. The van der Waals surface area contributed by atoms with Gasteiger partial charge in [0.2, 0.25) is 0 Å². The van der Waals surface area contributed by atoms with E-state index in [0.29, 0.717) is 19.7 Å². The maximum atomic E-state index is 11.3. The second kappa shape index (κ2) is 7.19. The topological polar surface area (TPSA) is 93.4 Å². The molecule has 0 aliphatic rings. The first kappa shape index (κ1) is 14.9. The van der Waals surface area contributed by atoms with Crippen LogP contribution in [0.5, 0.6) is 0 Å². The van der Waals surface area contributed by atoms with Gasteiger partial charge in [0, 0.05) is 26.2 Å². The minimum Gasteiger partial charge on any atom is -0.374 e. The van der Waals surface area contributed by atoms with Gasteiger partial charge in [-0.15, -0.1) is 0 Å². The number of carbonyl (C=O) groups is 2. The first-order chi connectivity index (χ1) is 7.43. The number of amides is 2. The molecular weight excluding hydrogens is 210 g/mol. The van der Waals surface area contributed by atoms with E-state index in [-0.39, 0.29) is 6.54 Å². The second-order valence-corrected chi connectivity index (χ2v) is 3.92. The third-order valence-corrected chi connectivity index (χ3v) is 1.85. The molecule has 0 unspecified atom stereocenters. The van der Waals surface area contributed by atoms with Crippen molar-refractivity contribution in [2.75, 3.05) is 26.2 Å². The van der Waals surface area contributed by atoms with Crippen molar-refractivity contribution in [2.24, 2.45) is 5.73 Å². The van der Waals surface area contributed by atoms with Gasteiger partial charge in [-0.3, -0.25) is 9.59 Å². The molecule has 0 bridgehead atoms.